The van der Waals surface area contributed by atoms with E-state index in [-0.39, 0.29) is 16.7 Å². The summed E-state index contributed by atoms with van der Waals surface area (Å²) in [4.78, 5) is 11.0. The minimum atomic E-state index is -0.485. The molecule has 2 N–H and O–H groups in total. The van der Waals surface area contributed by atoms with Gasteiger partial charge in [0.25, 0.3) is 0 Å². The van der Waals surface area contributed by atoms with Gasteiger partial charge in [0.2, 0.25) is 5.91 Å². The largest absolute Gasteiger partial charge is 0.392 e. The Balaban J connectivity index is 3.72. The van der Waals surface area contributed by atoms with E-state index >= 15 is 0 Å². The average molecular weight is 238 g/mol. The number of aliphatic hydroxyl groups is 1. The number of nitrogens with one attached hydrogen (secondary N) is 1. The Morgan fingerprint density at radius 2 is 2.00 bits per heavy atom. The first-order valence-corrected chi connectivity index (χ1v) is 4.96. The predicted molar refractivity (Wildman–Crippen MR) is 52.2 cm³/mol. The number of amides is 1. The maximum Gasteiger partial charge on any atom is 0.234 e. The summed E-state index contributed by atoms with van der Waals surface area (Å²) in [7, 11) is 0. The quantitative estimate of drug-likeness (QED) is 0.715. The fraction of sp³-hybridized carbons (Fsp3) is 0.875. The molecule has 0 rings (SSSR count). The molecular formula is C8H16BrNO2. The second-order valence-corrected chi connectivity index (χ2v) is 4.23. The van der Waals surface area contributed by atoms with Gasteiger partial charge in [0.1, 0.15) is 0 Å². The van der Waals surface area contributed by atoms with Crippen molar-refractivity contribution in [1.82, 2.24) is 5.32 Å². The molecule has 0 fully saturated rings. The molecule has 0 saturated heterocycles. The lowest BCUT2D eigenvalue weighted by Gasteiger charge is -2.14. The molecule has 12 heavy (non-hydrogen) atoms. The van der Waals surface area contributed by atoms with E-state index in [4.69, 9.17) is 5.11 Å². The van der Waals surface area contributed by atoms with Crippen LogP contribution >= 0.6 is 15.9 Å². The summed E-state index contributed by atoms with van der Waals surface area (Å²) in [6.07, 6.45) is -0.485. The molecule has 0 aromatic carbocycles. The van der Waals surface area contributed by atoms with Gasteiger partial charge in [-0.15, -0.1) is 0 Å². The number of alkyl halides is 1. The van der Waals surface area contributed by atoms with E-state index in [1.165, 1.54) is 0 Å². The third-order valence-electron chi connectivity index (χ3n) is 1.41. The first-order valence-electron chi connectivity index (χ1n) is 4.05. The van der Waals surface area contributed by atoms with Crippen LogP contribution in [0.5, 0.6) is 0 Å². The molecule has 2 atom stereocenters. The van der Waals surface area contributed by atoms with Gasteiger partial charge in [0.05, 0.1) is 10.9 Å². The summed E-state index contributed by atoms with van der Waals surface area (Å²) in [5.74, 6) is 0.199. The molecule has 0 aromatic heterocycles. The van der Waals surface area contributed by atoms with E-state index < -0.39 is 6.10 Å². The van der Waals surface area contributed by atoms with Gasteiger partial charge in [-0.3, -0.25) is 4.79 Å². The van der Waals surface area contributed by atoms with Gasteiger partial charge in [0, 0.05) is 6.54 Å². The number of rotatable bonds is 4. The third-order valence-corrected chi connectivity index (χ3v) is 2.88. The summed E-state index contributed by atoms with van der Waals surface area (Å²) in [6, 6.07) is 0. The number of carbonyl (C=O) groups is 1. The molecule has 0 aromatic rings. The summed E-state index contributed by atoms with van der Waals surface area (Å²) in [5.41, 5.74) is 0. The SMILES string of the molecule is CC(O)CNC(=O)C(Br)C(C)C. The lowest BCUT2D eigenvalue weighted by Crippen LogP contribution is -2.37. The van der Waals surface area contributed by atoms with Gasteiger partial charge in [-0.05, 0) is 12.8 Å². The van der Waals surface area contributed by atoms with E-state index in [1.807, 2.05) is 13.8 Å². The number of hydrogen-bond donors (Lipinski definition) is 2. The zero-order valence-corrected chi connectivity index (χ0v) is 9.26. The number of aliphatic hydroxyl groups excluding tert-OH is 1. The first kappa shape index (κ1) is 11.9. The molecule has 4 heteroatoms. The van der Waals surface area contributed by atoms with Crippen LogP contribution in [0.4, 0.5) is 0 Å². The van der Waals surface area contributed by atoms with Gasteiger partial charge in [-0.25, -0.2) is 0 Å². The zero-order valence-electron chi connectivity index (χ0n) is 7.67. The molecule has 0 aliphatic heterocycles. The van der Waals surface area contributed by atoms with Crippen LogP contribution in [0, 0.1) is 5.92 Å². The average Bonchev–Trinajstić information content (AvgIpc) is 1.98. The predicted octanol–water partition coefficient (Wildman–Crippen LogP) is 0.903. The van der Waals surface area contributed by atoms with Gasteiger partial charge in [0.15, 0.2) is 0 Å². The van der Waals surface area contributed by atoms with Gasteiger partial charge < -0.3 is 10.4 Å². The van der Waals surface area contributed by atoms with Crippen molar-refractivity contribution in [2.45, 2.75) is 31.7 Å². The van der Waals surface area contributed by atoms with Crippen LogP contribution in [0.3, 0.4) is 0 Å². The maximum absolute atomic E-state index is 11.2. The van der Waals surface area contributed by atoms with Crippen LogP contribution in [0.15, 0.2) is 0 Å². The molecule has 0 heterocycles. The normalized spacial score (nSPS) is 15.8. The number of carbonyl (C=O) groups excluding carboxylic acids is 1. The first-order chi connectivity index (χ1) is 5.45. The van der Waals surface area contributed by atoms with Crippen molar-refractivity contribution in [3.63, 3.8) is 0 Å². The lowest BCUT2D eigenvalue weighted by molar-refractivity contribution is -0.121. The van der Waals surface area contributed by atoms with Gasteiger partial charge in [-0.2, -0.15) is 0 Å². The Bertz CT molecular complexity index is 148. The second-order valence-electron chi connectivity index (χ2n) is 3.24. The van der Waals surface area contributed by atoms with E-state index in [0.717, 1.165) is 0 Å². The molecule has 0 aliphatic rings. The van der Waals surface area contributed by atoms with Crippen LogP contribution < -0.4 is 5.32 Å². The minimum Gasteiger partial charge on any atom is -0.392 e. The monoisotopic (exact) mass is 237 g/mol. The standard InChI is InChI=1S/C8H16BrNO2/c1-5(2)7(9)8(12)10-4-6(3)11/h5-7,11H,4H2,1-3H3,(H,10,12). The van der Waals surface area contributed by atoms with E-state index in [2.05, 4.69) is 21.2 Å². The zero-order chi connectivity index (χ0) is 9.72. The number of hydrogen-bond acceptors (Lipinski definition) is 2. The highest BCUT2D eigenvalue weighted by Crippen LogP contribution is 2.11. The highest BCUT2D eigenvalue weighted by Gasteiger charge is 2.17. The molecule has 1 amide bonds. The van der Waals surface area contributed by atoms with Crippen molar-refractivity contribution in [2.75, 3.05) is 6.54 Å². The number of halogens is 1. The van der Waals surface area contributed by atoms with E-state index in [1.54, 1.807) is 6.92 Å². The molecule has 3 nitrogen and oxygen atoms in total. The Labute approximate surface area is 81.7 Å². The van der Waals surface area contributed by atoms with E-state index in [9.17, 15) is 4.79 Å². The fourth-order valence-corrected chi connectivity index (χ4v) is 0.810. The minimum absolute atomic E-state index is 0.0640. The molecule has 0 aliphatic carbocycles. The van der Waals surface area contributed by atoms with Gasteiger partial charge in [-0.1, -0.05) is 29.8 Å². The summed E-state index contributed by atoms with van der Waals surface area (Å²) in [5, 5.41) is 11.5. The van der Waals surface area contributed by atoms with Crippen LogP contribution in [0.25, 0.3) is 0 Å². The lowest BCUT2D eigenvalue weighted by atomic mass is 10.1. The van der Waals surface area contributed by atoms with Gasteiger partial charge >= 0.3 is 0 Å². The van der Waals surface area contributed by atoms with Crippen molar-refractivity contribution in [1.29, 1.82) is 0 Å². The van der Waals surface area contributed by atoms with Crippen LogP contribution in [-0.4, -0.2) is 28.5 Å². The van der Waals surface area contributed by atoms with Crippen LogP contribution in [0.2, 0.25) is 0 Å². The van der Waals surface area contributed by atoms with Crippen molar-refractivity contribution >= 4 is 21.8 Å². The summed E-state index contributed by atoms with van der Waals surface area (Å²) < 4.78 is 0. The summed E-state index contributed by atoms with van der Waals surface area (Å²) in [6.45, 7) is 5.87. The van der Waals surface area contributed by atoms with Crippen molar-refractivity contribution in [2.24, 2.45) is 5.92 Å². The molecule has 0 bridgehead atoms. The smallest absolute Gasteiger partial charge is 0.234 e. The maximum atomic E-state index is 11.2. The van der Waals surface area contributed by atoms with Crippen molar-refractivity contribution in [3.05, 3.63) is 0 Å². The van der Waals surface area contributed by atoms with Crippen molar-refractivity contribution in [3.8, 4) is 0 Å². The van der Waals surface area contributed by atoms with Crippen LogP contribution in [-0.2, 0) is 4.79 Å². The molecular weight excluding hydrogens is 222 g/mol. The van der Waals surface area contributed by atoms with E-state index in [0.29, 0.717) is 6.54 Å². The van der Waals surface area contributed by atoms with Crippen molar-refractivity contribution < 1.29 is 9.90 Å². The second kappa shape index (κ2) is 5.54. The molecule has 0 spiro atoms. The molecule has 72 valence electrons. The molecule has 0 saturated carbocycles. The molecule has 2 unspecified atom stereocenters. The highest BCUT2D eigenvalue weighted by atomic mass is 79.9. The Kier molecular flexibility index (Phi) is 5.50. The Morgan fingerprint density at radius 1 is 1.50 bits per heavy atom. The topological polar surface area (TPSA) is 49.3 Å². The fourth-order valence-electron chi connectivity index (χ4n) is 0.649. The van der Waals surface area contributed by atoms with Crippen LogP contribution in [0.1, 0.15) is 20.8 Å². The highest BCUT2D eigenvalue weighted by molar-refractivity contribution is 9.10. The molecule has 0 radical (unpaired) electrons. The third kappa shape index (κ3) is 4.72. The Morgan fingerprint density at radius 3 is 2.33 bits per heavy atom. The summed E-state index contributed by atoms with van der Waals surface area (Å²) >= 11 is 3.26. The Hall–Kier alpha value is -0.0900.